The van der Waals surface area contributed by atoms with E-state index in [-0.39, 0.29) is 0 Å². The van der Waals surface area contributed by atoms with E-state index < -0.39 is 11.5 Å². The van der Waals surface area contributed by atoms with Gasteiger partial charge in [0.1, 0.15) is 0 Å². The zero-order valence-corrected chi connectivity index (χ0v) is 8.97. The maximum Gasteiger partial charge on any atom is 0.329 e. The zero-order chi connectivity index (χ0) is 11.5. The van der Waals surface area contributed by atoms with Crippen LogP contribution in [0.15, 0.2) is 30.3 Å². The first kappa shape index (κ1) is 11.7. The molecule has 0 aromatic heterocycles. The summed E-state index contributed by atoms with van der Waals surface area (Å²) in [6.07, 6.45) is 0. The highest BCUT2D eigenvalue weighted by atomic mass is 16.4. The van der Waals surface area contributed by atoms with Crippen molar-refractivity contribution in [1.29, 1.82) is 0 Å². The van der Waals surface area contributed by atoms with E-state index in [0.717, 1.165) is 0 Å². The highest BCUT2D eigenvalue weighted by Crippen LogP contribution is 2.25. The van der Waals surface area contributed by atoms with E-state index in [1.54, 1.807) is 31.2 Å². The quantitative estimate of drug-likeness (QED) is 0.576. The molecule has 1 aromatic carbocycles. The first-order valence-electron chi connectivity index (χ1n) is 4.84. The van der Waals surface area contributed by atoms with Crippen LogP contribution in [0.1, 0.15) is 19.4 Å². The molecule has 0 spiro atoms. The predicted octanol–water partition coefficient (Wildman–Crippen LogP) is 1.18. The lowest BCUT2D eigenvalue weighted by molar-refractivity contribution is -0.151. The number of carboxylic acid groups (broad SMARTS) is 1. The van der Waals surface area contributed by atoms with Crippen molar-refractivity contribution in [3.63, 3.8) is 0 Å². The Balaban J connectivity index is 3.19. The van der Waals surface area contributed by atoms with Gasteiger partial charge in [0.15, 0.2) is 5.54 Å². The molecule has 0 amide bonds. The molecule has 3 N–H and O–H groups in total. The molecule has 1 rings (SSSR count). The van der Waals surface area contributed by atoms with Gasteiger partial charge in [-0.1, -0.05) is 37.3 Å². The fourth-order valence-electron chi connectivity index (χ4n) is 1.49. The molecule has 4 heteroatoms. The van der Waals surface area contributed by atoms with Gasteiger partial charge in [-0.2, -0.15) is 0 Å². The molecule has 0 bridgehead atoms. The summed E-state index contributed by atoms with van der Waals surface area (Å²) in [7, 11) is 0. The predicted molar refractivity (Wildman–Crippen MR) is 58.0 cm³/mol. The maximum absolute atomic E-state index is 11.3. The van der Waals surface area contributed by atoms with Gasteiger partial charge < -0.3 is 5.11 Å². The Hall–Kier alpha value is -1.39. The normalized spacial score (nSPS) is 14.9. The molecule has 1 atom stereocenters. The van der Waals surface area contributed by atoms with E-state index in [2.05, 4.69) is 0 Å². The van der Waals surface area contributed by atoms with E-state index in [9.17, 15) is 9.90 Å². The number of hydrogen-bond acceptors (Lipinski definition) is 3. The second-order valence-corrected chi connectivity index (χ2v) is 3.53. The van der Waals surface area contributed by atoms with Crippen LogP contribution in [0.25, 0.3) is 0 Å². The molecule has 1 aromatic rings. The van der Waals surface area contributed by atoms with Gasteiger partial charge >= 0.3 is 5.97 Å². The van der Waals surface area contributed by atoms with E-state index in [1.165, 1.54) is 5.01 Å². The van der Waals surface area contributed by atoms with Crippen molar-refractivity contribution in [2.24, 2.45) is 5.84 Å². The lowest BCUT2D eigenvalue weighted by Gasteiger charge is -2.33. The van der Waals surface area contributed by atoms with Crippen LogP contribution in [0.5, 0.6) is 0 Å². The second kappa shape index (κ2) is 4.42. The van der Waals surface area contributed by atoms with Crippen molar-refractivity contribution in [2.75, 3.05) is 6.54 Å². The van der Waals surface area contributed by atoms with E-state index in [1.807, 2.05) is 13.0 Å². The summed E-state index contributed by atoms with van der Waals surface area (Å²) in [6, 6.07) is 8.99. The Kier molecular flexibility index (Phi) is 3.44. The molecule has 0 aliphatic carbocycles. The van der Waals surface area contributed by atoms with Crippen molar-refractivity contribution in [3.8, 4) is 0 Å². The molecular weight excluding hydrogens is 192 g/mol. The standard InChI is InChI=1S/C11H16N2O2/c1-3-13(12)11(2,10(14)15)9-7-5-4-6-8-9/h4-8H,3,12H2,1-2H3,(H,14,15)/t11-/m1/s1. The fraction of sp³-hybridized carbons (Fsp3) is 0.364. The van der Waals surface area contributed by atoms with Gasteiger partial charge in [0.2, 0.25) is 0 Å². The van der Waals surface area contributed by atoms with Crippen molar-refractivity contribution in [2.45, 2.75) is 19.4 Å². The Morgan fingerprint density at radius 2 is 2.00 bits per heavy atom. The summed E-state index contributed by atoms with van der Waals surface area (Å²) in [5.74, 6) is 4.79. The highest BCUT2D eigenvalue weighted by molar-refractivity contribution is 5.80. The molecule has 15 heavy (non-hydrogen) atoms. The van der Waals surface area contributed by atoms with Crippen molar-refractivity contribution >= 4 is 5.97 Å². The Labute approximate surface area is 89.3 Å². The van der Waals surface area contributed by atoms with Gasteiger partial charge in [-0.25, -0.2) is 9.80 Å². The third-order valence-corrected chi connectivity index (χ3v) is 2.67. The van der Waals surface area contributed by atoms with Crippen LogP contribution in [0.3, 0.4) is 0 Å². The second-order valence-electron chi connectivity index (χ2n) is 3.53. The smallest absolute Gasteiger partial charge is 0.329 e. The molecule has 0 saturated heterocycles. The number of nitrogens with zero attached hydrogens (tertiary/aromatic N) is 1. The molecule has 0 heterocycles. The van der Waals surface area contributed by atoms with Gasteiger partial charge in [0.05, 0.1) is 0 Å². The van der Waals surface area contributed by atoms with Crippen molar-refractivity contribution in [1.82, 2.24) is 5.01 Å². The number of aliphatic carboxylic acids is 1. The number of rotatable bonds is 4. The van der Waals surface area contributed by atoms with Crippen LogP contribution in [0, 0.1) is 0 Å². The molecule has 4 nitrogen and oxygen atoms in total. The van der Waals surface area contributed by atoms with Gasteiger partial charge in [0.25, 0.3) is 0 Å². The molecule has 0 saturated carbocycles. The van der Waals surface area contributed by atoms with E-state index in [4.69, 9.17) is 5.84 Å². The van der Waals surface area contributed by atoms with E-state index >= 15 is 0 Å². The molecule has 0 unspecified atom stereocenters. The summed E-state index contributed by atoms with van der Waals surface area (Å²) < 4.78 is 0. The summed E-state index contributed by atoms with van der Waals surface area (Å²) in [4.78, 5) is 11.3. The minimum absolute atomic E-state index is 0.470. The minimum Gasteiger partial charge on any atom is -0.480 e. The summed E-state index contributed by atoms with van der Waals surface area (Å²) in [6.45, 7) is 3.90. The molecule has 0 radical (unpaired) electrons. The number of likely N-dealkylation sites (N-methyl/N-ethyl adjacent to an activating group) is 1. The number of carbonyl (C=O) groups is 1. The number of nitrogens with two attached hydrogens (primary N) is 1. The van der Waals surface area contributed by atoms with Crippen molar-refractivity contribution < 1.29 is 9.90 Å². The monoisotopic (exact) mass is 208 g/mol. The number of carboxylic acids is 1. The average Bonchev–Trinajstić information content (AvgIpc) is 2.27. The molecule has 82 valence electrons. The van der Waals surface area contributed by atoms with Crippen LogP contribution >= 0.6 is 0 Å². The van der Waals surface area contributed by atoms with Crippen LogP contribution < -0.4 is 5.84 Å². The van der Waals surface area contributed by atoms with Gasteiger partial charge in [0, 0.05) is 6.54 Å². The first-order valence-corrected chi connectivity index (χ1v) is 4.84. The van der Waals surface area contributed by atoms with Crippen LogP contribution in [0.4, 0.5) is 0 Å². The largest absolute Gasteiger partial charge is 0.480 e. The number of hydrogen-bond donors (Lipinski definition) is 2. The fourth-order valence-corrected chi connectivity index (χ4v) is 1.49. The number of benzene rings is 1. The topological polar surface area (TPSA) is 66.6 Å². The van der Waals surface area contributed by atoms with Crippen LogP contribution in [-0.2, 0) is 10.3 Å². The first-order chi connectivity index (χ1) is 7.03. The van der Waals surface area contributed by atoms with Crippen LogP contribution in [-0.4, -0.2) is 22.6 Å². The Bertz CT molecular complexity index is 340. The highest BCUT2D eigenvalue weighted by Gasteiger charge is 2.39. The molecule has 0 aliphatic rings. The summed E-state index contributed by atoms with van der Waals surface area (Å²) >= 11 is 0. The van der Waals surface area contributed by atoms with Crippen LogP contribution in [0.2, 0.25) is 0 Å². The zero-order valence-electron chi connectivity index (χ0n) is 8.97. The lowest BCUT2D eigenvalue weighted by Crippen LogP contribution is -2.53. The average molecular weight is 208 g/mol. The number of hydrazine groups is 1. The summed E-state index contributed by atoms with van der Waals surface area (Å²) in [5, 5.41) is 10.6. The molecule has 0 fully saturated rings. The molecule has 0 aliphatic heterocycles. The third kappa shape index (κ3) is 2.00. The minimum atomic E-state index is -1.17. The Morgan fingerprint density at radius 1 is 1.47 bits per heavy atom. The van der Waals surface area contributed by atoms with Gasteiger partial charge in [-0.3, -0.25) is 5.84 Å². The maximum atomic E-state index is 11.3. The molecular formula is C11H16N2O2. The SMILES string of the molecule is CCN(N)[C@@](C)(C(=O)O)c1ccccc1. The Morgan fingerprint density at radius 3 is 2.40 bits per heavy atom. The lowest BCUT2D eigenvalue weighted by atomic mass is 9.91. The van der Waals surface area contributed by atoms with E-state index in [0.29, 0.717) is 12.1 Å². The third-order valence-electron chi connectivity index (χ3n) is 2.67. The van der Waals surface area contributed by atoms with Gasteiger partial charge in [-0.05, 0) is 12.5 Å². The van der Waals surface area contributed by atoms with Gasteiger partial charge in [-0.15, -0.1) is 0 Å². The van der Waals surface area contributed by atoms with Crippen molar-refractivity contribution in [3.05, 3.63) is 35.9 Å². The summed E-state index contributed by atoms with van der Waals surface area (Å²) in [5.41, 5.74) is -0.488.